The van der Waals surface area contributed by atoms with Gasteiger partial charge in [0.1, 0.15) is 0 Å². The van der Waals surface area contributed by atoms with E-state index >= 15 is 0 Å². The fourth-order valence-electron chi connectivity index (χ4n) is 1.29. The highest BCUT2D eigenvalue weighted by atomic mass is 35.5. The molecule has 0 radical (unpaired) electrons. The zero-order valence-corrected chi connectivity index (χ0v) is 10.5. The van der Waals surface area contributed by atoms with Gasteiger partial charge >= 0.3 is 0 Å². The van der Waals surface area contributed by atoms with Gasteiger partial charge in [0.05, 0.1) is 16.6 Å². The molecule has 1 aromatic carbocycles. The molecule has 0 saturated carbocycles. The van der Waals surface area contributed by atoms with E-state index < -0.39 is 0 Å². The van der Waals surface area contributed by atoms with Gasteiger partial charge in [-0.15, -0.1) is 0 Å². The molecule has 0 saturated heterocycles. The van der Waals surface area contributed by atoms with Crippen LogP contribution in [0, 0.1) is 5.92 Å². The Kier molecular flexibility index (Phi) is 5.06. The van der Waals surface area contributed by atoms with Gasteiger partial charge in [-0.2, -0.15) is 0 Å². The molecule has 5 heteroatoms. The Bertz CT molecular complexity index is 378. The predicted octanol–water partition coefficient (Wildman–Crippen LogP) is 2.92. The van der Waals surface area contributed by atoms with Crippen molar-refractivity contribution in [3.63, 3.8) is 0 Å². The molecule has 0 aromatic heterocycles. The van der Waals surface area contributed by atoms with Crippen LogP contribution in [-0.2, 0) is 4.79 Å². The van der Waals surface area contributed by atoms with Crippen molar-refractivity contribution in [1.29, 1.82) is 0 Å². The monoisotopic (exact) mass is 260 g/mol. The molecule has 1 unspecified atom stereocenters. The average molecular weight is 261 g/mol. The van der Waals surface area contributed by atoms with Crippen LogP contribution < -0.4 is 11.1 Å². The molecule has 88 valence electrons. The highest BCUT2D eigenvalue weighted by molar-refractivity contribution is 6.35. The Morgan fingerprint density at radius 1 is 1.50 bits per heavy atom. The Balaban J connectivity index is 2.80. The van der Waals surface area contributed by atoms with Gasteiger partial charge in [0, 0.05) is 11.6 Å². The molecule has 3 N–H and O–H groups in total. The Labute approximate surface area is 105 Å². The smallest absolute Gasteiger partial charge is 0.228 e. The van der Waals surface area contributed by atoms with Gasteiger partial charge in [-0.1, -0.05) is 30.1 Å². The van der Waals surface area contributed by atoms with E-state index in [-0.39, 0.29) is 11.8 Å². The number of hydrogen-bond acceptors (Lipinski definition) is 2. The summed E-state index contributed by atoms with van der Waals surface area (Å²) in [4.78, 5) is 11.7. The van der Waals surface area contributed by atoms with Crippen LogP contribution >= 0.6 is 23.2 Å². The number of halogens is 2. The fraction of sp³-hybridized carbons (Fsp3) is 0.364. The molecule has 0 fully saturated rings. The summed E-state index contributed by atoms with van der Waals surface area (Å²) in [7, 11) is 0. The molecule has 0 aliphatic rings. The molecule has 0 heterocycles. The molecule has 0 bridgehead atoms. The lowest BCUT2D eigenvalue weighted by Crippen LogP contribution is -2.28. The van der Waals surface area contributed by atoms with Crippen LogP contribution in [0.5, 0.6) is 0 Å². The molecule has 1 rings (SSSR count). The SMILES string of the molecule is CCC(CN)C(=O)Nc1cc(Cl)ccc1Cl. The molecule has 1 aromatic rings. The van der Waals surface area contributed by atoms with Crippen LogP contribution in [0.2, 0.25) is 10.0 Å². The summed E-state index contributed by atoms with van der Waals surface area (Å²) >= 11 is 11.7. The molecular formula is C11H14Cl2N2O. The van der Waals surface area contributed by atoms with Gasteiger partial charge < -0.3 is 11.1 Å². The van der Waals surface area contributed by atoms with Crippen molar-refractivity contribution in [3.05, 3.63) is 28.2 Å². The maximum absolute atomic E-state index is 11.7. The van der Waals surface area contributed by atoms with Crippen molar-refractivity contribution in [2.45, 2.75) is 13.3 Å². The molecule has 0 aliphatic heterocycles. The first-order chi connectivity index (χ1) is 7.58. The number of nitrogens with one attached hydrogen (secondary N) is 1. The number of benzene rings is 1. The second kappa shape index (κ2) is 6.09. The maximum Gasteiger partial charge on any atom is 0.228 e. The van der Waals surface area contributed by atoms with Crippen LogP contribution in [0.4, 0.5) is 5.69 Å². The minimum atomic E-state index is -0.199. The average Bonchev–Trinajstić information content (AvgIpc) is 2.25. The summed E-state index contributed by atoms with van der Waals surface area (Å²) < 4.78 is 0. The van der Waals surface area contributed by atoms with Gasteiger partial charge in [-0.25, -0.2) is 0 Å². The Hall–Kier alpha value is -0.770. The standard InChI is InChI=1S/C11H14Cl2N2O/c1-2-7(6-14)11(16)15-10-5-8(12)3-4-9(10)13/h3-5,7H,2,6,14H2,1H3,(H,15,16). The minimum absolute atomic E-state index is 0.130. The van der Waals surface area contributed by atoms with Gasteiger partial charge in [0.25, 0.3) is 0 Å². The van der Waals surface area contributed by atoms with Gasteiger partial charge in [0.15, 0.2) is 0 Å². The molecule has 16 heavy (non-hydrogen) atoms. The highest BCUT2D eigenvalue weighted by Gasteiger charge is 2.15. The van der Waals surface area contributed by atoms with Gasteiger partial charge in [0.2, 0.25) is 5.91 Å². The zero-order valence-electron chi connectivity index (χ0n) is 8.97. The lowest BCUT2D eigenvalue weighted by Gasteiger charge is -2.13. The topological polar surface area (TPSA) is 55.1 Å². The lowest BCUT2D eigenvalue weighted by atomic mass is 10.1. The number of nitrogens with two attached hydrogens (primary N) is 1. The van der Waals surface area contributed by atoms with E-state index in [1.807, 2.05) is 6.92 Å². The fourth-order valence-corrected chi connectivity index (χ4v) is 1.62. The number of rotatable bonds is 4. The third-order valence-electron chi connectivity index (χ3n) is 2.33. The summed E-state index contributed by atoms with van der Waals surface area (Å²) in [6, 6.07) is 4.92. The normalized spacial score (nSPS) is 12.2. The summed E-state index contributed by atoms with van der Waals surface area (Å²) in [6.45, 7) is 2.23. The molecule has 3 nitrogen and oxygen atoms in total. The van der Waals surface area contributed by atoms with Crippen molar-refractivity contribution in [2.75, 3.05) is 11.9 Å². The molecule has 1 amide bonds. The highest BCUT2D eigenvalue weighted by Crippen LogP contribution is 2.25. The van der Waals surface area contributed by atoms with Crippen molar-refractivity contribution < 1.29 is 4.79 Å². The first-order valence-electron chi connectivity index (χ1n) is 5.04. The second-order valence-electron chi connectivity index (χ2n) is 3.45. The summed E-state index contributed by atoms with van der Waals surface area (Å²) in [5.74, 6) is -0.329. The lowest BCUT2D eigenvalue weighted by molar-refractivity contribution is -0.119. The Morgan fingerprint density at radius 3 is 2.75 bits per heavy atom. The van der Waals surface area contributed by atoms with E-state index in [0.29, 0.717) is 28.7 Å². The second-order valence-corrected chi connectivity index (χ2v) is 4.30. The molecule has 1 atom stereocenters. The first-order valence-corrected chi connectivity index (χ1v) is 5.80. The van der Waals surface area contributed by atoms with Crippen molar-refractivity contribution >= 4 is 34.8 Å². The van der Waals surface area contributed by atoms with Crippen LogP contribution in [0.25, 0.3) is 0 Å². The van der Waals surface area contributed by atoms with Crippen LogP contribution in [0.15, 0.2) is 18.2 Å². The van der Waals surface area contributed by atoms with Gasteiger partial charge in [-0.3, -0.25) is 4.79 Å². The van der Waals surface area contributed by atoms with E-state index in [4.69, 9.17) is 28.9 Å². The van der Waals surface area contributed by atoms with E-state index in [1.54, 1.807) is 18.2 Å². The maximum atomic E-state index is 11.7. The van der Waals surface area contributed by atoms with Crippen molar-refractivity contribution in [2.24, 2.45) is 11.7 Å². The number of amides is 1. The quantitative estimate of drug-likeness (QED) is 0.875. The van der Waals surface area contributed by atoms with Crippen LogP contribution in [0.1, 0.15) is 13.3 Å². The molecule has 0 spiro atoms. The minimum Gasteiger partial charge on any atom is -0.330 e. The summed E-state index contributed by atoms with van der Waals surface area (Å²) in [5.41, 5.74) is 6.01. The predicted molar refractivity (Wildman–Crippen MR) is 67.9 cm³/mol. The Morgan fingerprint density at radius 2 is 2.19 bits per heavy atom. The van der Waals surface area contributed by atoms with E-state index in [2.05, 4.69) is 5.32 Å². The van der Waals surface area contributed by atoms with E-state index in [9.17, 15) is 4.79 Å². The summed E-state index contributed by atoms with van der Waals surface area (Å²) in [6.07, 6.45) is 0.695. The number of anilines is 1. The van der Waals surface area contributed by atoms with E-state index in [1.165, 1.54) is 0 Å². The zero-order chi connectivity index (χ0) is 12.1. The largest absolute Gasteiger partial charge is 0.330 e. The van der Waals surface area contributed by atoms with Crippen LogP contribution in [0.3, 0.4) is 0 Å². The van der Waals surface area contributed by atoms with Crippen molar-refractivity contribution in [1.82, 2.24) is 0 Å². The first kappa shape index (κ1) is 13.3. The molecule has 0 aliphatic carbocycles. The van der Waals surface area contributed by atoms with Gasteiger partial charge in [-0.05, 0) is 24.6 Å². The van der Waals surface area contributed by atoms with Crippen molar-refractivity contribution in [3.8, 4) is 0 Å². The number of hydrogen-bond donors (Lipinski definition) is 2. The number of carbonyl (C=O) groups excluding carboxylic acids is 1. The van der Waals surface area contributed by atoms with Crippen LogP contribution in [-0.4, -0.2) is 12.5 Å². The van der Waals surface area contributed by atoms with E-state index in [0.717, 1.165) is 0 Å². The number of carbonyl (C=O) groups is 1. The summed E-state index contributed by atoms with van der Waals surface area (Å²) in [5, 5.41) is 3.71. The molecular weight excluding hydrogens is 247 g/mol. The third kappa shape index (κ3) is 3.37. The third-order valence-corrected chi connectivity index (χ3v) is 2.90.